The highest BCUT2D eigenvalue weighted by Crippen LogP contribution is 2.61. The molecule has 8 heteroatoms. The molecule has 0 spiro atoms. The van der Waals surface area contributed by atoms with Crippen molar-refractivity contribution in [2.75, 3.05) is 0 Å². The third-order valence-corrected chi connectivity index (χ3v) is 8.20. The van der Waals surface area contributed by atoms with E-state index in [4.69, 9.17) is 19.7 Å². The molecule has 2 fully saturated rings. The Labute approximate surface area is 198 Å². The Balaban J connectivity index is 1.42. The Kier molecular flexibility index (Phi) is 6.96. The summed E-state index contributed by atoms with van der Waals surface area (Å²) in [6, 6.07) is 5.77. The fourth-order valence-corrected chi connectivity index (χ4v) is 6.59. The zero-order valence-electron chi connectivity index (χ0n) is 19.5. The van der Waals surface area contributed by atoms with Gasteiger partial charge in [-0.3, -0.25) is 19.2 Å². The molecule has 4 rings (SSSR count). The second-order valence-corrected chi connectivity index (χ2v) is 10.1. The van der Waals surface area contributed by atoms with Crippen LogP contribution in [0.15, 0.2) is 18.2 Å². The van der Waals surface area contributed by atoms with Crippen molar-refractivity contribution < 1.29 is 38.9 Å². The van der Waals surface area contributed by atoms with Gasteiger partial charge in [0.2, 0.25) is 0 Å². The number of carbonyl (C=O) groups excluding carboxylic acids is 2. The standard InChI is InChI=1S/C26H32O8/c1-26-13-12-18-17-5-3-16(33-24(31)10-8-22(27)28)14-15(17)2-4-19(18)20(26)6-7-21(26)34-25(32)11-9-23(29)30/h3,5,14,18-21H,2,4,6-13H2,1H3,(H,27,28)(H,29,30)/t18?,19?,20?,21-,26-/m0/s1. The van der Waals surface area contributed by atoms with Gasteiger partial charge in [-0.25, -0.2) is 0 Å². The largest absolute Gasteiger partial charge is 0.481 e. The molecule has 0 aromatic heterocycles. The van der Waals surface area contributed by atoms with Gasteiger partial charge in [-0.15, -0.1) is 0 Å². The maximum absolute atomic E-state index is 12.2. The Morgan fingerprint density at radius 2 is 1.65 bits per heavy atom. The molecule has 184 valence electrons. The number of carbonyl (C=O) groups is 4. The summed E-state index contributed by atoms with van der Waals surface area (Å²) in [5.74, 6) is -1.16. The lowest BCUT2D eigenvalue weighted by Crippen LogP contribution is -2.45. The number of carboxylic acid groups (broad SMARTS) is 2. The number of fused-ring (bicyclic) bond motifs is 5. The minimum Gasteiger partial charge on any atom is -0.481 e. The second kappa shape index (κ2) is 9.76. The molecule has 1 aromatic carbocycles. The van der Waals surface area contributed by atoms with Gasteiger partial charge in [0.1, 0.15) is 11.9 Å². The van der Waals surface area contributed by atoms with Crippen LogP contribution in [0, 0.1) is 17.3 Å². The van der Waals surface area contributed by atoms with E-state index in [1.54, 1.807) is 6.07 Å². The maximum atomic E-state index is 12.2. The van der Waals surface area contributed by atoms with E-state index in [2.05, 4.69) is 6.92 Å². The Hall–Kier alpha value is -2.90. The van der Waals surface area contributed by atoms with Crippen molar-refractivity contribution in [1.82, 2.24) is 0 Å². The summed E-state index contributed by atoms with van der Waals surface area (Å²) in [4.78, 5) is 45.5. The Morgan fingerprint density at radius 1 is 0.941 bits per heavy atom. The van der Waals surface area contributed by atoms with Crippen molar-refractivity contribution in [3.05, 3.63) is 29.3 Å². The van der Waals surface area contributed by atoms with E-state index in [9.17, 15) is 19.2 Å². The van der Waals surface area contributed by atoms with Crippen LogP contribution in [0.4, 0.5) is 0 Å². The highest BCUT2D eigenvalue weighted by atomic mass is 16.5. The average molecular weight is 473 g/mol. The van der Waals surface area contributed by atoms with Crippen LogP contribution in [0.25, 0.3) is 0 Å². The van der Waals surface area contributed by atoms with Crippen LogP contribution in [0.3, 0.4) is 0 Å². The lowest BCUT2D eigenvalue weighted by atomic mass is 9.55. The first kappa shape index (κ1) is 24.2. The average Bonchev–Trinajstić information content (AvgIpc) is 3.12. The first-order chi connectivity index (χ1) is 16.2. The van der Waals surface area contributed by atoms with Crippen molar-refractivity contribution in [3.8, 4) is 5.75 Å². The lowest BCUT2D eigenvalue weighted by Gasteiger charge is -2.50. The molecular weight excluding hydrogens is 440 g/mol. The molecule has 3 aliphatic rings. The molecule has 3 unspecified atom stereocenters. The Bertz CT molecular complexity index is 985. The van der Waals surface area contributed by atoms with Crippen LogP contribution in [0.5, 0.6) is 5.75 Å². The summed E-state index contributed by atoms with van der Waals surface area (Å²) in [5.41, 5.74) is 2.39. The minimum absolute atomic E-state index is 0.0861. The quantitative estimate of drug-likeness (QED) is 0.428. The summed E-state index contributed by atoms with van der Waals surface area (Å²) < 4.78 is 11.1. The van der Waals surface area contributed by atoms with Gasteiger partial charge >= 0.3 is 23.9 Å². The van der Waals surface area contributed by atoms with E-state index in [-0.39, 0.29) is 37.2 Å². The molecular formula is C26H32O8. The van der Waals surface area contributed by atoms with Crippen molar-refractivity contribution in [1.29, 1.82) is 0 Å². The molecule has 0 heterocycles. The number of carboxylic acids is 2. The van der Waals surface area contributed by atoms with Crippen LogP contribution >= 0.6 is 0 Å². The number of hydrogen-bond donors (Lipinski definition) is 2. The monoisotopic (exact) mass is 472 g/mol. The summed E-state index contributed by atoms with van der Waals surface area (Å²) in [7, 11) is 0. The molecule has 0 radical (unpaired) electrons. The number of aryl methyl sites for hydroxylation is 1. The van der Waals surface area contributed by atoms with E-state index >= 15 is 0 Å². The van der Waals surface area contributed by atoms with Crippen LogP contribution < -0.4 is 4.74 Å². The van der Waals surface area contributed by atoms with Crippen LogP contribution in [0.1, 0.15) is 81.8 Å². The van der Waals surface area contributed by atoms with Gasteiger partial charge in [-0.1, -0.05) is 13.0 Å². The summed E-state index contributed by atoms with van der Waals surface area (Å²) >= 11 is 0. The molecule has 1 aromatic rings. The van der Waals surface area contributed by atoms with E-state index < -0.39 is 23.9 Å². The number of rotatable bonds is 8. The number of ether oxygens (including phenoxy) is 2. The van der Waals surface area contributed by atoms with Crippen molar-refractivity contribution >= 4 is 23.9 Å². The highest BCUT2D eigenvalue weighted by molar-refractivity contribution is 5.78. The molecule has 34 heavy (non-hydrogen) atoms. The van der Waals surface area contributed by atoms with Gasteiger partial charge in [0.25, 0.3) is 0 Å². The molecule has 8 nitrogen and oxygen atoms in total. The van der Waals surface area contributed by atoms with Crippen LogP contribution in [-0.2, 0) is 30.3 Å². The molecule has 2 N–H and O–H groups in total. The van der Waals surface area contributed by atoms with Crippen molar-refractivity contribution in [2.45, 2.75) is 83.2 Å². The first-order valence-electron chi connectivity index (χ1n) is 12.1. The van der Waals surface area contributed by atoms with E-state index in [1.807, 2.05) is 12.1 Å². The smallest absolute Gasteiger partial charge is 0.311 e. The van der Waals surface area contributed by atoms with E-state index in [1.165, 1.54) is 11.1 Å². The van der Waals surface area contributed by atoms with Gasteiger partial charge in [-0.05, 0) is 79.5 Å². The topological polar surface area (TPSA) is 127 Å². The predicted octanol–water partition coefficient (Wildman–Crippen LogP) is 4.09. The SMILES string of the molecule is C[C@]12CCC3c4ccc(OC(=O)CCC(=O)O)cc4CCC3C1CC[C@@H]2OC(=O)CCC(=O)O. The van der Waals surface area contributed by atoms with Gasteiger partial charge in [-0.2, -0.15) is 0 Å². The third kappa shape index (κ3) is 4.95. The molecule has 0 bridgehead atoms. The zero-order chi connectivity index (χ0) is 24.5. The molecule has 0 aliphatic heterocycles. The number of aliphatic carboxylic acids is 2. The maximum Gasteiger partial charge on any atom is 0.311 e. The van der Waals surface area contributed by atoms with Crippen molar-refractivity contribution in [2.24, 2.45) is 17.3 Å². The molecule has 0 amide bonds. The van der Waals surface area contributed by atoms with Crippen molar-refractivity contribution in [3.63, 3.8) is 0 Å². The van der Waals surface area contributed by atoms with Crippen LogP contribution in [-0.4, -0.2) is 40.2 Å². The number of benzene rings is 1. The zero-order valence-corrected chi connectivity index (χ0v) is 19.5. The predicted molar refractivity (Wildman–Crippen MR) is 120 cm³/mol. The fraction of sp³-hybridized carbons (Fsp3) is 0.615. The van der Waals surface area contributed by atoms with Gasteiger partial charge in [0.15, 0.2) is 0 Å². The normalized spacial score (nSPS) is 29.3. The van der Waals surface area contributed by atoms with Gasteiger partial charge < -0.3 is 19.7 Å². The summed E-state index contributed by atoms with van der Waals surface area (Å²) in [6.07, 6.45) is 4.81. The third-order valence-electron chi connectivity index (χ3n) is 8.20. The fourth-order valence-electron chi connectivity index (χ4n) is 6.59. The lowest BCUT2D eigenvalue weighted by molar-refractivity contribution is -0.159. The van der Waals surface area contributed by atoms with Gasteiger partial charge in [0.05, 0.1) is 25.7 Å². The summed E-state index contributed by atoms with van der Waals surface area (Å²) in [5, 5.41) is 17.6. The first-order valence-corrected chi connectivity index (χ1v) is 12.1. The molecule has 5 atom stereocenters. The van der Waals surface area contributed by atoms with Crippen LogP contribution in [0.2, 0.25) is 0 Å². The second-order valence-electron chi connectivity index (χ2n) is 10.1. The highest BCUT2D eigenvalue weighted by Gasteiger charge is 2.56. The van der Waals surface area contributed by atoms with Gasteiger partial charge in [0, 0.05) is 5.41 Å². The number of hydrogen-bond acceptors (Lipinski definition) is 6. The summed E-state index contributed by atoms with van der Waals surface area (Å²) in [6.45, 7) is 2.23. The Morgan fingerprint density at radius 3 is 2.35 bits per heavy atom. The number of esters is 2. The minimum atomic E-state index is -1.03. The van der Waals surface area contributed by atoms with E-state index in [0.29, 0.717) is 23.5 Å². The molecule has 2 saturated carbocycles. The molecule has 3 aliphatic carbocycles. The van der Waals surface area contributed by atoms with E-state index in [0.717, 1.165) is 38.5 Å². The molecule has 0 saturated heterocycles.